The highest BCUT2D eigenvalue weighted by Crippen LogP contribution is 2.27. The maximum atomic E-state index is 13.0. The third-order valence-electron chi connectivity index (χ3n) is 5.04. The van der Waals surface area contributed by atoms with E-state index in [0.29, 0.717) is 28.9 Å². The number of ether oxygens (including phenoxy) is 1. The quantitative estimate of drug-likeness (QED) is 0.423. The number of para-hydroxylation sites is 1. The van der Waals surface area contributed by atoms with Crippen LogP contribution in [0, 0.1) is 13.8 Å². The van der Waals surface area contributed by atoms with Crippen LogP contribution in [0.1, 0.15) is 35.1 Å². The molecule has 6 heteroatoms. The second kappa shape index (κ2) is 8.78. The lowest BCUT2D eigenvalue weighted by atomic mass is 10.1. The minimum absolute atomic E-state index is 0.199. The first-order chi connectivity index (χ1) is 14.9. The molecule has 1 saturated heterocycles. The van der Waals surface area contributed by atoms with Gasteiger partial charge in [-0.2, -0.15) is 0 Å². The van der Waals surface area contributed by atoms with Crippen LogP contribution in [0.5, 0.6) is 5.75 Å². The molecule has 0 unspecified atom stereocenters. The second-order valence-corrected chi connectivity index (χ2v) is 7.91. The van der Waals surface area contributed by atoms with Crippen molar-refractivity contribution in [1.29, 1.82) is 0 Å². The van der Waals surface area contributed by atoms with Crippen LogP contribution in [0.25, 0.3) is 6.08 Å². The largest absolute Gasteiger partial charge is 0.486 e. The predicted octanol–water partition coefficient (Wildman–Crippen LogP) is 5.30. The lowest BCUT2D eigenvalue weighted by Gasteiger charge is -2.17. The number of carbonyl (C=O) groups excluding carboxylic acids is 1. The van der Waals surface area contributed by atoms with Crippen molar-refractivity contribution in [2.75, 3.05) is 4.90 Å². The number of benzene rings is 2. The number of amides is 1. The molecule has 1 amide bonds. The number of hydrogen-bond donors (Lipinski definition) is 1. The van der Waals surface area contributed by atoms with Crippen LogP contribution in [-0.2, 0) is 17.8 Å². The predicted molar refractivity (Wildman–Crippen MR) is 126 cm³/mol. The summed E-state index contributed by atoms with van der Waals surface area (Å²) in [6, 6.07) is 17.5. The monoisotopic (exact) mass is 432 g/mol. The zero-order chi connectivity index (χ0) is 22.0. The van der Waals surface area contributed by atoms with Gasteiger partial charge in [-0.15, -0.1) is 0 Å². The van der Waals surface area contributed by atoms with E-state index < -0.39 is 0 Å². The number of hydrogen-bond acceptors (Lipinski definition) is 4. The SMILES string of the molecule is CCc1ccccc1N1C(=O)/C(=C\c2ccc(COc3cc(C)cc(C)c3)o2)NC1=S. The average Bonchev–Trinajstić information content (AvgIpc) is 3.29. The molecule has 0 aliphatic carbocycles. The van der Waals surface area contributed by atoms with Crippen LogP contribution in [-0.4, -0.2) is 11.0 Å². The van der Waals surface area contributed by atoms with Gasteiger partial charge < -0.3 is 14.5 Å². The Hall–Kier alpha value is -3.38. The molecular weight excluding hydrogens is 408 g/mol. The molecule has 1 N–H and O–H groups in total. The fourth-order valence-electron chi connectivity index (χ4n) is 3.64. The van der Waals surface area contributed by atoms with Gasteiger partial charge in [-0.25, -0.2) is 0 Å². The van der Waals surface area contributed by atoms with Gasteiger partial charge in [-0.1, -0.05) is 31.2 Å². The molecule has 1 aliphatic rings. The number of thiocarbonyl (C=S) groups is 1. The van der Waals surface area contributed by atoms with Crippen molar-refractivity contribution < 1.29 is 13.9 Å². The third-order valence-corrected chi connectivity index (χ3v) is 5.32. The Morgan fingerprint density at radius 3 is 2.58 bits per heavy atom. The van der Waals surface area contributed by atoms with Gasteiger partial charge in [0.25, 0.3) is 5.91 Å². The van der Waals surface area contributed by atoms with E-state index in [2.05, 4.69) is 18.3 Å². The molecule has 0 bridgehead atoms. The smallest absolute Gasteiger partial charge is 0.281 e. The van der Waals surface area contributed by atoms with Crippen molar-refractivity contribution in [2.24, 2.45) is 0 Å². The first-order valence-corrected chi connectivity index (χ1v) is 10.6. The molecule has 1 aliphatic heterocycles. The van der Waals surface area contributed by atoms with Gasteiger partial charge in [0, 0.05) is 6.08 Å². The number of furan rings is 1. The summed E-state index contributed by atoms with van der Waals surface area (Å²) < 4.78 is 11.7. The average molecular weight is 433 g/mol. The number of rotatable bonds is 6. The molecule has 1 fully saturated rings. The minimum Gasteiger partial charge on any atom is -0.486 e. The molecular formula is C25H24N2O3S. The van der Waals surface area contributed by atoms with E-state index in [1.54, 1.807) is 6.08 Å². The lowest BCUT2D eigenvalue weighted by Crippen LogP contribution is -2.31. The summed E-state index contributed by atoms with van der Waals surface area (Å²) in [4.78, 5) is 14.5. The molecule has 0 atom stereocenters. The molecule has 0 spiro atoms. The molecule has 1 aromatic heterocycles. The van der Waals surface area contributed by atoms with E-state index in [-0.39, 0.29) is 5.91 Å². The summed E-state index contributed by atoms with van der Waals surface area (Å²) in [5.74, 6) is 1.84. The van der Waals surface area contributed by atoms with Crippen LogP contribution in [0.2, 0.25) is 0 Å². The van der Waals surface area contributed by atoms with E-state index in [9.17, 15) is 4.79 Å². The number of nitrogens with zero attached hydrogens (tertiary/aromatic N) is 1. The Balaban J connectivity index is 1.49. The van der Waals surface area contributed by atoms with Gasteiger partial charge >= 0.3 is 0 Å². The molecule has 5 nitrogen and oxygen atoms in total. The highest BCUT2D eigenvalue weighted by atomic mass is 32.1. The van der Waals surface area contributed by atoms with E-state index in [4.69, 9.17) is 21.4 Å². The van der Waals surface area contributed by atoms with E-state index in [0.717, 1.165) is 34.5 Å². The van der Waals surface area contributed by atoms with Gasteiger partial charge in [0.15, 0.2) is 5.11 Å². The molecule has 0 radical (unpaired) electrons. The number of anilines is 1. The Kier molecular flexibility index (Phi) is 5.91. The number of carbonyl (C=O) groups is 1. The van der Waals surface area contributed by atoms with Crippen molar-refractivity contribution in [3.8, 4) is 5.75 Å². The molecule has 31 heavy (non-hydrogen) atoms. The summed E-state index contributed by atoms with van der Waals surface area (Å²) in [5, 5.41) is 3.37. The van der Waals surface area contributed by atoms with Crippen LogP contribution >= 0.6 is 12.2 Å². The van der Waals surface area contributed by atoms with Crippen molar-refractivity contribution >= 4 is 35.0 Å². The van der Waals surface area contributed by atoms with Crippen molar-refractivity contribution in [1.82, 2.24) is 5.32 Å². The summed E-state index contributed by atoms with van der Waals surface area (Å²) in [6.45, 7) is 6.43. The standard InChI is InChI=1S/C25H24N2O3S/c1-4-18-7-5-6-8-23(18)27-24(28)22(26-25(27)31)14-19-9-10-20(30-19)15-29-21-12-16(2)11-17(3)13-21/h5-14H,4,15H2,1-3H3,(H,26,31)/b22-14+. The normalized spacial score (nSPS) is 14.9. The Bertz CT molecular complexity index is 1160. The highest BCUT2D eigenvalue weighted by molar-refractivity contribution is 7.80. The van der Waals surface area contributed by atoms with Gasteiger partial charge in [0.05, 0.1) is 5.69 Å². The highest BCUT2D eigenvalue weighted by Gasteiger charge is 2.33. The summed E-state index contributed by atoms with van der Waals surface area (Å²) >= 11 is 5.42. The number of nitrogens with one attached hydrogen (secondary N) is 1. The van der Waals surface area contributed by atoms with Gasteiger partial charge in [0.1, 0.15) is 29.6 Å². The van der Waals surface area contributed by atoms with Crippen LogP contribution in [0.15, 0.2) is 64.7 Å². The molecule has 3 aromatic rings. The summed E-state index contributed by atoms with van der Waals surface area (Å²) in [6.07, 6.45) is 2.48. The Labute approximate surface area is 187 Å². The van der Waals surface area contributed by atoms with E-state index in [1.165, 1.54) is 4.90 Å². The van der Waals surface area contributed by atoms with Crippen molar-refractivity contribution in [3.63, 3.8) is 0 Å². The zero-order valence-corrected chi connectivity index (χ0v) is 18.6. The topological polar surface area (TPSA) is 54.7 Å². The van der Waals surface area contributed by atoms with Crippen molar-refractivity contribution in [2.45, 2.75) is 33.8 Å². The Morgan fingerprint density at radius 2 is 1.84 bits per heavy atom. The molecule has 158 valence electrons. The summed E-state index contributed by atoms with van der Waals surface area (Å²) in [7, 11) is 0. The van der Waals surface area contributed by atoms with Crippen LogP contribution in [0.4, 0.5) is 5.69 Å². The van der Waals surface area contributed by atoms with Gasteiger partial charge in [-0.3, -0.25) is 9.69 Å². The maximum Gasteiger partial charge on any atom is 0.281 e. The third kappa shape index (κ3) is 4.54. The molecule has 4 rings (SSSR count). The molecule has 0 saturated carbocycles. The lowest BCUT2D eigenvalue weighted by molar-refractivity contribution is -0.113. The van der Waals surface area contributed by atoms with Gasteiger partial charge in [0.2, 0.25) is 0 Å². The molecule has 2 aromatic carbocycles. The maximum absolute atomic E-state index is 13.0. The summed E-state index contributed by atoms with van der Waals surface area (Å²) in [5.41, 5.74) is 4.54. The second-order valence-electron chi connectivity index (χ2n) is 7.53. The molecule has 2 heterocycles. The Morgan fingerprint density at radius 1 is 1.10 bits per heavy atom. The van der Waals surface area contributed by atoms with E-state index in [1.807, 2.05) is 62.4 Å². The fraction of sp³-hybridized carbons (Fsp3) is 0.200. The van der Waals surface area contributed by atoms with Crippen LogP contribution in [0.3, 0.4) is 0 Å². The van der Waals surface area contributed by atoms with Gasteiger partial charge in [-0.05, 0) is 79.5 Å². The van der Waals surface area contributed by atoms with Crippen LogP contribution < -0.4 is 15.0 Å². The first kappa shape index (κ1) is 20.9. The fourth-order valence-corrected chi connectivity index (χ4v) is 3.94. The van der Waals surface area contributed by atoms with Crippen molar-refractivity contribution in [3.05, 3.63) is 88.5 Å². The zero-order valence-electron chi connectivity index (χ0n) is 17.8. The minimum atomic E-state index is -0.199. The number of aryl methyl sites for hydroxylation is 3. The first-order valence-electron chi connectivity index (χ1n) is 10.2. The van der Waals surface area contributed by atoms with E-state index >= 15 is 0 Å².